The summed E-state index contributed by atoms with van der Waals surface area (Å²) in [4.78, 5) is 19.6. The minimum atomic E-state index is -1.75. The summed E-state index contributed by atoms with van der Waals surface area (Å²) in [6.07, 6.45) is -2.31. The summed E-state index contributed by atoms with van der Waals surface area (Å²) in [5, 5.41) is 17.2. The predicted molar refractivity (Wildman–Crippen MR) is 28.0 cm³/mol. The van der Waals surface area contributed by atoms with Crippen LogP contribution >= 0.6 is 0 Å². The molecule has 1 unspecified atom stereocenters. The van der Waals surface area contributed by atoms with Gasteiger partial charge in [-0.2, -0.15) is 0 Å². The van der Waals surface area contributed by atoms with Gasteiger partial charge in [-0.25, -0.2) is 0 Å². The second-order valence-corrected chi connectivity index (χ2v) is 1.87. The molecule has 0 saturated carbocycles. The average molecular weight is 391 g/mol. The second-order valence-electron chi connectivity index (χ2n) is 1.41. The minimum absolute atomic E-state index is 0. The summed E-state index contributed by atoms with van der Waals surface area (Å²) in [5.74, 6) is -1.67. The van der Waals surface area contributed by atoms with Crippen LogP contribution in [-0.4, -0.2) is 22.3 Å². The van der Waals surface area contributed by atoms with Crippen molar-refractivity contribution in [3.05, 3.63) is 0 Å². The molecule has 4 nitrogen and oxygen atoms in total. The fourth-order valence-electron chi connectivity index (χ4n) is 0.241. The molecule has 0 aromatic rings. The Labute approximate surface area is 135 Å². The molecule has 0 aromatic carbocycles. The summed E-state index contributed by atoms with van der Waals surface area (Å²) in [6.45, 7) is 0. The maximum absolute atomic E-state index is 9.92. The number of aliphatic hydroxyl groups excluding tert-OH is 1. The Morgan fingerprint density at radius 2 is 1.75 bits per heavy atom. The number of hydrogen-bond acceptors (Lipinski definition) is 5. The van der Waals surface area contributed by atoms with E-state index in [-0.39, 0.29) is 81.5 Å². The maximum atomic E-state index is 9.92. The Kier molecular flexibility index (Phi) is 25.8. The van der Waals surface area contributed by atoms with Crippen molar-refractivity contribution in [1.29, 1.82) is 0 Å². The van der Waals surface area contributed by atoms with Gasteiger partial charge in [0.1, 0.15) is 0 Å². The van der Waals surface area contributed by atoms with E-state index in [4.69, 9.17) is 5.11 Å². The van der Waals surface area contributed by atoms with Gasteiger partial charge >= 0.3 is 81.5 Å². The SMILES string of the molecule is O=C([S-])CC(O)C(=O)[O-].[Au+].[Na+].[Na+]. The monoisotopic (exact) mass is 391 g/mol. The normalized spacial score (nSPS) is 9.42. The molecule has 0 aromatic heterocycles. The largest absolute Gasteiger partial charge is 1.00 e. The Bertz CT molecular complexity index is 145. The Balaban J connectivity index is -0.000000107. The van der Waals surface area contributed by atoms with Crippen LogP contribution < -0.4 is 64.2 Å². The van der Waals surface area contributed by atoms with Gasteiger partial charge < -0.3 is 32.4 Å². The van der Waals surface area contributed by atoms with E-state index in [0.29, 0.717) is 0 Å². The van der Waals surface area contributed by atoms with Crippen LogP contribution in [0.2, 0.25) is 0 Å². The number of hydrogen-bond donors (Lipinski definition) is 1. The first-order chi connectivity index (χ1) is 4.04. The number of carboxylic acids is 1. The molecular weight excluding hydrogens is 387 g/mol. The smallest absolute Gasteiger partial charge is 0.742 e. The zero-order valence-corrected chi connectivity index (χ0v) is 13.6. The van der Waals surface area contributed by atoms with Gasteiger partial charge in [-0.3, -0.25) is 0 Å². The van der Waals surface area contributed by atoms with Crippen LogP contribution in [0.5, 0.6) is 0 Å². The van der Waals surface area contributed by atoms with E-state index in [9.17, 15) is 14.7 Å². The van der Waals surface area contributed by atoms with Gasteiger partial charge in [0.05, 0.1) is 12.1 Å². The molecule has 62 valence electrons. The molecule has 1 atom stereocenters. The van der Waals surface area contributed by atoms with Crippen LogP contribution in [-0.2, 0) is 44.6 Å². The third-order valence-corrected chi connectivity index (χ3v) is 0.799. The number of aliphatic carboxylic acids is 1. The molecule has 0 aliphatic carbocycles. The number of carboxylic acid groups (broad SMARTS) is 1. The first-order valence-electron chi connectivity index (χ1n) is 2.13. The van der Waals surface area contributed by atoms with E-state index in [1.807, 2.05) is 0 Å². The minimum Gasteiger partial charge on any atom is -0.742 e. The number of rotatable bonds is 3. The second kappa shape index (κ2) is 13.1. The van der Waals surface area contributed by atoms with Crippen molar-refractivity contribution in [2.75, 3.05) is 0 Å². The van der Waals surface area contributed by atoms with Gasteiger partial charge in [-0.1, -0.05) is 0 Å². The van der Waals surface area contributed by atoms with Gasteiger partial charge in [0.15, 0.2) is 0 Å². The quantitative estimate of drug-likeness (QED) is 0.382. The summed E-state index contributed by atoms with van der Waals surface area (Å²) in [7, 11) is 0. The summed E-state index contributed by atoms with van der Waals surface area (Å²) in [5.41, 5.74) is 0. The van der Waals surface area contributed by atoms with Crippen molar-refractivity contribution in [3.63, 3.8) is 0 Å². The molecule has 0 rings (SSSR count). The van der Waals surface area contributed by atoms with E-state index < -0.39 is 23.6 Å². The molecule has 0 heterocycles. The van der Waals surface area contributed by atoms with Crippen molar-refractivity contribution in [1.82, 2.24) is 0 Å². The Morgan fingerprint density at radius 3 is 1.83 bits per heavy atom. The average Bonchev–Trinajstić information content (AvgIpc) is 1.63. The van der Waals surface area contributed by atoms with Crippen LogP contribution in [0.4, 0.5) is 0 Å². The molecule has 0 aliphatic heterocycles. The van der Waals surface area contributed by atoms with E-state index >= 15 is 0 Å². The van der Waals surface area contributed by atoms with Crippen LogP contribution in [0.15, 0.2) is 0 Å². The molecule has 0 radical (unpaired) electrons. The van der Waals surface area contributed by atoms with Crippen molar-refractivity contribution < 1.29 is 101 Å². The zero-order chi connectivity index (χ0) is 7.44. The summed E-state index contributed by atoms with van der Waals surface area (Å²) >= 11 is 3.98. The van der Waals surface area contributed by atoms with Crippen molar-refractivity contribution in [3.8, 4) is 0 Å². The third-order valence-electron chi connectivity index (χ3n) is 0.632. The standard InChI is InChI=1S/C4H6O4S.Au.2Na/c5-2(4(7)8)1-3(6)9;;;/h2,5H,1H2,(H,6,9)(H,7,8);;;/q;3*+1/p-2. The van der Waals surface area contributed by atoms with Crippen molar-refractivity contribution >= 4 is 23.7 Å². The fourth-order valence-corrected chi connectivity index (χ4v) is 0.399. The van der Waals surface area contributed by atoms with Gasteiger partial charge in [0, 0.05) is 11.5 Å². The number of aliphatic hydroxyl groups is 1. The van der Waals surface area contributed by atoms with Gasteiger partial charge in [0.25, 0.3) is 0 Å². The molecule has 1 N–H and O–H groups in total. The topological polar surface area (TPSA) is 77.4 Å². The summed E-state index contributed by atoms with van der Waals surface area (Å²) in [6, 6.07) is 0. The number of carbonyl (C=O) groups excluding carboxylic acids is 2. The zero-order valence-electron chi connectivity index (χ0n) is 6.67. The molecule has 0 aliphatic rings. The Hall–Kier alpha value is 2.06. The molecule has 0 spiro atoms. The molecule has 0 fully saturated rings. The molecule has 0 saturated heterocycles. The summed E-state index contributed by atoms with van der Waals surface area (Å²) < 4.78 is 0. The Morgan fingerprint density at radius 1 is 1.42 bits per heavy atom. The predicted octanol–water partition coefficient (Wildman–Crippen LogP) is -8.43. The van der Waals surface area contributed by atoms with Gasteiger partial charge in [-0.15, -0.1) is 0 Å². The first kappa shape index (κ1) is 23.7. The maximum Gasteiger partial charge on any atom is 1.00 e. The van der Waals surface area contributed by atoms with E-state index in [1.54, 1.807) is 0 Å². The molecule has 0 bridgehead atoms. The van der Waals surface area contributed by atoms with Crippen molar-refractivity contribution in [2.45, 2.75) is 12.5 Å². The van der Waals surface area contributed by atoms with Crippen LogP contribution in [0.25, 0.3) is 0 Å². The van der Waals surface area contributed by atoms with Crippen LogP contribution in [0, 0.1) is 0 Å². The molecular formula is C4H4AuNa2O4S+. The van der Waals surface area contributed by atoms with Gasteiger partial charge in [-0.05, 0) is 0 Å². The van der Waals surface area contributed by atoms with Gasteiger partial charge in [0.2, 0.25) is 0 Å². The van der Waals surface area contributed by atoms with E-state index in [2.05, 4.69) is 12.6 Å². The fraction of sp³-hybridized carbons (Fsp3) is 0.500. The van der Waals surface area contributed by atoms with E-state index in [1.165, 1.54) is 0 Å². The van der Waals surface area contributed by atoms with Crippen molar-refractivity contribution in [2.24, 2.45) is 0 Å². The molecule has 12 heavy (non-hydrogen) atoms. The van der Waals surface area contributed by atoms with E-state index in [0.717, 1.165) is 0 Å². The molecule has 0 amide bonds. The third kappa shape index (κ3) is 14.6. The first-order valence-corrected chi connectivity index (χ1v) is 2.53. The van der Waals surface area contributed by atoms with Crippen LogP contribution in [0.3, 0.4) is 0 Å². The molecule has 8 heteroatoms. The van der Waals surface area contributed by atoms with Crippen LogP contribution in [0.1, 0.15) is 6.42 Å². The number of carbonyl (C=O) groups is 2.